The van der Waals surface area contributed by atoms with E-state index in [-0.39, 0.29) is 11.3 Å². The summed E-state index contributed by atoms with van der Waals surface area (Å²) in [4.78, 5) is 34.4. The smallest absolute Gasteiger partial charge is 0.344 e. The van der Waals surface area contributed by atoms with Gasteiger partial charge in [0, 0.05) is 17.2 Å². The number of ether oxygens (including phenoxy) is 3. The van der Waals surface area contributed by atoms with Crippen LogP contribution in [0.4, 0.5) is 5.69 Å². The van der Waals surface area contributed by atoms with E-state index in [2.05, 4.69) is 0 Å². The van der Waals surface area contributed by atoms with Crippen LogP contribution < -0.4 is 9.47 Å². The lowest BCUT2D eigenvalue weighted by molar-refractivity contribution is -0.385. The van der Waals surface area contributed by atoms with Crippen LogP contribution in [0.15, 0.2) is 42.5 Å². The fraction of sp³-hybridized carbons (Fsp3) is 0.238. The number of rotatable bonds is 9. The number of Topliss-reactive ketones (excluding diaryl/α,β-unsaturated/α-hetero) is 1. The van der Waals surface area contributed by atoms with Gasteiger partial charge in [-0.05, 0) is 31.5 Å². The molecule has 0 heterocycles. The molecule has 29 heavy (non-hydrogen) atoms. The number of allylic oxidation sites excluding steroid dienone is 1. The van der Waals surface area contributed by atoms with Gasteiger partial charge in [-0.25, -0.2) is 4.79 Å². The minimum atomic E-state index is -0.750. The van der Waals surface area contributed by atoms with Crippen LogP contribution in [0.25, 0.3) is 6.08 Å². The Hall–Kier alpha value is -3.68. The van der Waals surface area contributed by atoms with Gasteiger partial charge in [0.1, 0.15) is 0 Å². The number of carbonyl (C=O) groups is 2. The zero-order valence-corrected chi connectivity index (χ0v) is 16.3. The predicted molar refractivity (Wildman–Crippen MR) is 106 cm³/mol. The fourth-order valence-electron chi connectivity index (χ4n) is 2.49. The van der Waals surface area contributed by atoms with Crippen LogP contribution >= 0.6 is 0 Å². The van der Waals surface area contributed by atoms with Crippen molar-refractivity contribution in [1.82, 2.24) is 0 Å². The molecule has 0 N–H and O–H groups in total. The molecule has 0 bridgehead atoms. The second-order valence-electron chi connectivity index (χ2n) is 6.04. The van der Waals surface area contributed by atoms with E-state index in [1.807, 2.05) is 19.1 Å². The number of nitro groups is 1. The van der Waals surface area contributed by atoms with Gasteiger partial charge in [0.05, 0.1) is 12.0 Å². The molecule has 0 aliphatic rings. The maximum atomic E-state index is 12.1. The molecule has 0 aliphatic carbocycles. The third kappa shape index (κ3) is 5.90. The number of nitro benzene ring substituents is 1. The first kappa shape index (κ1) is 21.6. The van der Waals surface area contributed by atoms with E-state index in [4.69, 9.17) is 14.2 Å². The van der Waals surface area contributed by atoms with E-state index < -0.39 is 29.9 Å². The summed E-state index contributed by atoms with van der Waals surface area (Å²) in [6.45, 7) is 2.51. The van der Waals surface area contributed by atoms with E-state index in [0.717, 1.165) is 5.56 Å². The monoisotopic (exact) mass is 399 g/mol. The number of carbonyl (C=O) groups excluding carboxylic acids is 2. The molecule has 2 aromatic carbocycles. The van der Waals surface area contributed by atoms with Crippen molar-refractivity contribution in [2.75, 3.05) is 20.3 Å². The van der Waals surface area contributed by atoms with Crippen molar-refractivity contribution in [1.29, 1.82) is 0 Å². The molecule has 0 unspecified atom stereocenters. The summed E-state index contributed by atoms with van der Waals surface area (Å²) in [6.07, 6.45) is 3.77. The van der Waals surface area contributed by atoms with Crippen molar-refractivity contribution in [2.24, 2.45) is 0 Å². The van der Waals surface area contributed by atoms with Crippen molar-refractivity contribution in [2.45, 2.75) is 13.8 Å². The van der Waals surface area contributed by atoms with Crippen LogP contribution in [-0.2, 0) is 9.53 Å². The zero-order chi connectivity index (χ0) is 21.4. The van der Waals surface area contributed by atoms with Crippen molar-refractivity contribution >= 4 is 23.5 Å². The Morgan fingerprint density at radius 3 is 2.52 bits per heavy atom. The lowest BCUT2D eigenvalue weighted by Gasteiger charge is -2.11. The summed E-state index contributed by atoms with van der Waals surface area (Å²) in [6, 6.07) is 9.31. The molecule has 0 saturated carbocycles. The Bertz CT molecular complexity index is 950. The Kier molecular flexibility index (Phi) is 7.47. The predicted octanol–water partition coefficient (Wildman–Crippen LogP) is 3.75. The molecular formula is C21H21NO7. The highest BCUT2D eigenvalue weighted by Gasteiger charge is 2.17. The van der Waals surface area contributed by atoms with Crippen LogP contribution in [0.2, 0.25) is 0 Å². The third-order valence-corrected chi connectivity index (χ3v) is 3.98. The summed E-state index contributed by atoms with van der Waals surface area (Å²) < 4.78 is 15.6. The quantitative estimate of drug-likeness (QED) is 0.274. The maximum absolute atomic E-state index is 12.1. The summed E-state index contributed by atoms with van der Waals surface area (Å²) >= 11 is 0. The first-order valence-electron chi connectivity index (χ1n) is 8.73. The first-order valence-corrected chi connectivity index (χ1v) is 8.73. The second-order valence-corrected chi connectivity index (χ2v) is 6.04. The minimum Gasteiger partial charge on any atom is -0.493 e. The van der Waals surface area contributed by atoms with Gasteiger partial charge < -0.3 is 14.2 Å². The van der Waals surface area contributed by atoms with Gasteiger partial charge >= 0.3 is 5.97 Å². The van der Waals surface area contributed by atoms with Crippen molar-refractivity contribution < 1.29 is 28.7 Å². The number of esters is 1. The van der Waals surface area contributed by atoms with Gasteiger partial charge in [-0.15, -0.1) is 0 Å². The van der Waals surface area contributed by atoms with Gasteiger partial charge in [-0.3, -0.25) is 14.9 Å². The van der Waals surface area contributed by atoms with E-state index in [0.29, 0.717) is 17.1 Å². The van der Waals surface area contributed by atoms with E-state index in [1.165, 1.54) is 25.3 Å². The lowest BCUT2D eigenvalue weighted by atomic mass is 10.1. The molecule has 2 aromatic rings. The van der Waals surface area contributed by atoms with Crippen LogP contribution in [0.3, 0.4) is 0 Å². The minimum absolute atomic E-state index is 0.0947. The number of methoxy groups -OCH3 is 1. The van der Waals surface area contributed by atoms with Gasteiger partial charge in [0.15, 0.2) is 24.7 Å². The van der Waals surface area contributed by atoms with Crippen LogP contribution in [0.1, 0.15) is 28.4 Å². The van der Waals surface area contributed by atoms with Gasteiger partial charge in [-0.2, -0.15) is 0 Å². The van der Waals surface area contributed by atoms with Crippen LogP contribution in [-0.4, -0.2) is 37.0 Å². The molecule has 8 heteroatoms. The highest BCUT2D eigenvalue weighted by atomic mass is 16.6. The Morgan fingerprint density at radius 2 is 1.86 bits per heavy atom. The second kappa shape index (κ2) is 10.0. The molecule has 0 aliphatic heterocycles. The van der Waals surface area contributed by atoms with E-state index in [1.54, 1.807) is 25.1 Å². The standard InChI is InChI=1S/C21H21NO7/c1-4-5-15-7-9-19(20(10-15)27-3)28-13-21(24)29-12-18(23)16-8-6-14(2)17(11-16)22(25)26/h4-11H,12-13H2,1-3H3/b5-4+. The number of hydrogen-bond donors (Lipinski definition) is 0. The highest BCUT2D eigenvalue weighted by Crippen LogP contribution is 2.28. The number of hydrogen-bond acceptors (Lipinski definition) is 7. The molecule has 0 spiro atoms. The largest absolute Gasteiger partial charge is 0.493 e. The molecule has 0 aromatic heterocycles. The summed E-state index contributed by atoms with van der Waals surface area (Å²) in [7, 11) is 1.49. The number of aryl methyl sites for hydroxylation is 1. The van der Waals surface area contributed by atoms with Crippen molar-refractivity contribution in [3.8, 4) is 11.5 Å². The van der Waals surface area contributed by atoms with E-state index in [9.17, 15) is 19.7 Å². The summed E-state index contributed by atoms with van der Waals surface area (Å²) in [5.41, 5.74) is 1.28. The van der Waals surface area contributed by atoms with Crippen molar-refractivity contribution in [3.63, 3.8) is 0 Å². The topological polar surface area (TPSA) is 105 Å². The highest BCUT2D eigenvalue weighted by molar-refractivity contribution is 5.98. The average Bonchev–Trinajstić information content (AvgIpc) is 2.71. The SMILES string of the molecule is C/C=C/c1ccc(OCC(=O)OCC(=O)c2ccc(C)c([N+](=O)[O-])c2)c(OC)c1. The molecule has 0 saturated heterocycles. The molecule has 0 amide bonds. The molecule has 0 radical (unpaired) electrons. The van der Waals surface area contributed by atoms with Gasteiger partial charge in [-0.1, -0.05) is 30.4 Å². The zero-order valence-electron chi connectivity index (χ0n) is 16.3. The molecule has 2 rings (SSSR count). The molecule has 8 nitrogen and oxygen atoms in total. The normalized spacial score (nSPS) is 10.6. The van der Waals surface area contributed by atoms with Gasteiger partial charge in [0.25, 0.3) is 5.69 Å². The maximum Gasteiger partial charge on any atom is 0.344 e. The number of nitrogens with zero attached hydrogens (tertiary/aromatic N) is 1. The third-order valence-electron chi connectivity index (χ3n) is 3.98. The summed E-state index contributed by atoms with van der Waals surface area (Å²) in [5.74, 6) is -0.482. The van der Waals surface area contributed by atoms with Gasteiger partial charge in [0.2, 0.25) is 5.78 Å². The first-order chi connectivity index (χ1) is 13.8. The Morgan fingerprint density at radius 1 is 1.10 bits per heavy atom. The molecule has 0 atom stereocenters. The molecule has 152 valence electrons. The average molecular weight is 399 g/mol. The Balaban J connectivity index is 1.93. The van der Waals surface area contributed by atoms with E-state index >= 15 is 0 Å². The summed E-state index contributed by atoms with van der Waals surface area (Å²) in [5, 5.41) is 11.0. The van der Waals surface area contributed by atoms with Crippen LogP contribution in [0.5, 0.6) is 11.5 Å². The fourth-order valence-corrected chi connectivity index (χ4v) is 2.49. The Labute approximate surface area is 167 Å². The van der Waals surface area contributed by atoms with Crippen LogP contribution in [0, 0.1) is 17.0 Å². The lowest BCUT2D eigenvalue weighted by Crippen LogP contribution is -2.19. The van der Waals surface area contributed by atoms with Crippen molar-refractivity contribution in [3.05, 3.63) is 69.3 Å². The number of ketones is 1. The number of benzene rings is 2. The molecule has 0 fully saturated rings. The molecular weight excluding hydrogens is 378 g/mol.